The minimum atomic E-state index is 0.307. The first kappa shape index (κ1) is 30.4. The van der Waals surface area contributed by atoms with Crippen LogP contribution in [0.3, 0.4) is 0 Å². The molecular weight excluding hydrogens is 469 g/mol. The maximum Gasteiger partial charge on any atom is 0.241 e. The van der Waals surface area contributed by atoms with Crippen LogP contribution in [0.15, 0.2) is 116 Å². The van der Waals surface area contributed by atoms with Crippen LogP contribution in [0.4, 0.5) is 0 Å². The highest BCUT2D eigenvalue weighted by molar-refractivity contribution is 6.95. The Bertz CT molecular complexity index is 1090. The third-order valence-corrected chi connectivity index (χ3v) is 7.57. The molecule has 0 amide bonds. The lowest BCUT2D eigenvalue weighted by Crippen LogP contribution is -2.53. The monoisotopic (exact) mass is 518 g/mol. The molecule has 0 saturated heterocycles. The Hall–Kier alpha value is -3.13. The van der Waals surface area contributed by atoms with Crippen molar-refractivity contribution in [1.29, 1.82) is 0 Å². The quantitative estimate of drug-likeness (QED) is 0.0864. The van der Waals surface area contributed by atoms with Crippen LogP contribution in [0.5, 0.6) is 0 Å². The molecule has 1 aromatic heterocycles. The minimum absolute atomic E-state index is 0.307. The predicted molar refractivity (Wildman–Crippen MR) is 172 cm³/mol. The number of rotatable bonds is 15. The van der Waals surface area contributed by atoms with Gasteiger partial charge in [-0.1, -0.05) is 178 Å². The molecule has 4 aromatic rings. The molecule has 1 heterocycles. The normalized spacial score (nSPS) is 10.5. The molecule has 0 aliphatic carbocycles. The third-order valence-electron chi connectivity index (χ3n) is 7.57. The molecule has 0 N–H and O–H groups in total. The molecule has 0 aliphatic rings. The van der Waals surface area contributed by atoms with Crippen LogP contribution in [0, 0.1) is 0 Å². The number of unbranched alkanes of at least 4 members (excludes halogenated alkanes) is 9. The van der Waals surface area contributed by atoms with Crippen molar-refractivity contribution in [3.63, 3.8) is 0 Å². The van der Waals surface area contributed by atoms with Crippen LogP contribution in [0.1, 0.15) is 83.6 Å². The highest BCUT2D eigenvalue weighted by Gasteiger charge is 2.23. The fourth-order valence-electron chi connectivity index (χ4n) is 5.33. The van der Waals surface area contributed by atoms with Gasteiger partial charge in [0.25, 0.3) is 0 Å². The standard InChI is InChI=1S/C30H39B.C7H10N/c1-2-3-4-5-6-7-8-9-10-13-20-27-21-18-19-26-30(27)31(28-22-14-11-15-23-28)29-24-16-12-17-25-29;1-2-8-6-4-3-5-7-8/h11-12,14-19,21-26H,2-10,13,20H2,1H3;3-7H,2H2,1H3/q;+1. The first-order valence-corrected chi connectivity index (χ1v) is 15.4. The number of nitrogens with zero attached hydrogens (tertiary/aromatic N) is 1. The molecule has 204 valence electrons. The number of pyridine rings is 1. The maximum atomic E-state index is 2.35. The molecule has 2 heteroatoms. The van der Waals surface area contributed by atoms with E-state index in [4.69, 9.17) is 0 Å². The molecule has 3 aromatic carbocycles. The lowest BCUT2D eigenvalue weighted by molar-refractivity contribution is -0.693. The number of hydrogen-bond acceptors (Lipinski definition) is 0. The smallest absolute Gasteiger partial charge is 0.205 e. The van der Waals surface area contributed by atoms with Gasteiger partial charge in [0.05, 0.1) is 0 Å². The van der Waals surface area contributed by atoms with E-state index in [9.17, 15) is 0 Å². The summed E-state index contributed by atoms with van der Waals surface area (Å²) in [5, 5.41) is 0. The van der Waals surface area contributed by atoms with E-state index in [1.165, 1.54) is 92.6 Å². The first-order chi connectivity index (χ1) is 19.3. The summed E-state index contributed by atoms with van der Waals surface area (Å²) in [5.74, 6) is 0. The van der Waals surface area contributed by atoms with E-state index in [1.54, 1.807) is 0 Å². The largest absolute Gasteiger partial charge is 0.241 e. The van der Waals surface area contributed by atoms with Crippen molar-refractivity contribution in [3.8, 4) is 0 Å². The summed E-state index contributed by atoms with van der Waals surface area (Å²) in [6, 6.07) is 37.2. The van der Waals surface area contributed by atoms with E-state index in [0.29, 0.717) is 6.71 Å². The first-order valence-electron chi connectivity index (χ1n) is 15.4. The van der Waals surface area contributed by atoms with Crippen molar-refractivity contribution in [2.24, 2.45) is 0 Å². The minimum Gasteiger partial charge on any atom is -0.205 e. The van der Waals surface area contributed by atoms with E-state index < -0.39 is 0 Å². The van der Waals surface area contributed by atoms with Crippen LogP contribution in [-0.4, -0.2) is 6.71 Å². The summed E-state index contributed by atoms with van der Waals surface area (Å²) in [6.45, 7) is 5.78. The van der Waals surface area contributed by atoms with Gasteiger partial charge < -0.3 is 0 Å². The Morgan fingerprint density at radius 3 is 1.46 bits per heavy atom. The molecule has 4 rings (SSSR count). The Labute approximate surface area is 239 Å². The van der Waals surface area contributed by atoms with Crippen LogP contribution in [0.25, 0.3) is 0 Å². The molecule has 1 nitrogen and oxygen atoms in total. The Kier molecular flexibility index (Phi) is 14.8. The van der Waals surface area contributed by atoms with Gasteiger partial charge in [0, 0.05) is 12.1 Å². The SMILES string of the molecule is CCCCCCCCCCCCc1ccccc1B(c1ccccc1)c1ccccc1.CC[n+]1ccccc1. The van der Waals surface area contributed by atoms with E-state index in [2.05, 4.69) is 116 Å². The van der Waals surface area contributed by atoms with Gasteiger partial charge in [-0.2, -0.15) is 0 Å². The van der Waals surface area contributed by atoms with Crippen LogP contribution in [0.2, 0.25) is 0 Å². The van der Waals surface area contributed by atoms with E-state index in [1.807, 2.05) is 18.2 Å². The molecule has 0 atom stereocenters. The van der Waals surface area contributed by atoms with Crippen molar-refractivity contribution in [3.05, 3.63) is 121 Å². The van der Waals surface area contributed by atoms with Crippen LogP contribution in [-0.2, 0) is 13.0 Å². The van der Waals surface area contributed by atoms with Crippen molar-refractivity contribution in [2.45, 2.75) is 91.0 Å². The zero-order chi connectivity index (χ0) is 27.4. The second-order valence-electron chi connectivity index (χ2n) is 10.6. The summed E-state index contributed by atoms with van der Waals surface area (Å²) in [6.07, 6.45) is 19.2. The number of hydrogen-bond donors (Lipinski definition) is 0. The van der Waals surface area contributed by atoms with E-state index in [-0.39, 0.29) is 0 Å². The van der Waals surface area contributed by atoms with Gasteiger partial charge in [0.2, 0.25) is 6.71 Å². The fraction of sp³-hybridized carbons (Fsp3) is 0.378. The zero-order valence-electron chi connectivity index (χ0n) is 24.5. The molecular formula is C37H49BN+. The van der Waals surface area contributed by atoms with Crippen molar-refractivity contribution in [1.82, 2.24) is 0 Å². The van der Waals surface area contributed by atoms with Gasteiger partial charge in [-0.15, -0.1) is 0 Å². The average molecular weight is 519 g/mol. The maximum absolute atomic E-state index is 2.35. The number of aromatic nitrogens is 1. The summed E-state index contributed by atoms with van der Waals surface area (Å²) < 4.78 is 2.12. The predicted octanol–water partition coefficient (Wildman–Crippen LogP) is 7.66. The lowest BCUT2D eigenvalue weighted by atomic mass is 9.36. The molecule has 0 saturated carbocycles. The van der Waals surface area contributed by atoms with Gasteiger partial charge >= 0.3 is 0 Å². The lowest BCUT2D eigenvalue weighted by Gasteiger charge is -2.19. The molecule has 0 aliphatic heterocycles. The number of aryl methyl sites for hydroxylation is 2. The Morgan fingerprint density at radius 2 is 0.949 bits per heavy atom. The van der Waals surface area contributed by atoms with Gasteiger partial charge in [0.1, 0.15) is 6.54 Å². The number of benzene rings is 3. The van der Waals surface area contributed by atoms with E-state index in [0.717, 1.165) is 6.54 Å². The summed E-state index contributed by atoms with van der Waals surface area (Å²) in [4.78, 5) is 0. The Balaban J connectivity index is 0.000000449. The third kappa shape index (κ3) is 11.3. The molecule has 0 unspecified atom stereocenters. The topological polar surface area (TPSA) is 3.88 Å². The summed E-state index contributed by atoms with van der Waals surface area (Å²) in [7, 11) is 0. The van der Waals surface area contributed by atoms with Crippen molar-refractivity contribution >= 4 is 23.1 Å². The molecule has 39 heavy (non-hydrogen) atoms. The van der Waals surface area contributed by atoms with Crippen LogP contribution < -0.4 is 21.0 Å². The molecule has 0 bridgehead atoms. The fourth-order valence-corrected chi connectivity index (χ4v) is 5.33. The molecule has 0 fully saturated rings. The van der Waals surface area contributed by atoms with Crippen molar-refractivity contribution in [2.75, 3.05) is 0 Å². The second-order valence-corrected chi connectivity index (χ2v) is 10.6. The average Bonchev–Trinajstić information content (AvgIpc) is 3.01. The molecule has 0 radical (unpaired) electrons. The molecule has 0 spiro atoms. The van der Waals surface area contributed by atoms with Gasteiger partial charge in [-0.05, 0) is 19.8 Å². The highest BCUT2D eigenvalue weighted by atomic mass is 14.9. The summed E-state index contributed by atoms with van der Waals surface area (Å²) >= 11 is 0. The highest BCUT2D eigenvalue weighted by Crippen LogP contribution is 2.12. The zero-order valence-corrected chi connectivity index (χ0v) is 24.5. The van der Waals surface area contributed by atoms with Gasteiger partial charge in [-0.25, -0.2) is 4.57 Å². The second kappa shape index (κ2) is 19.0. The van der Waals surface area contributed by atoms with Gasteiger partial charge in [0.15, 0.2) is 12.4 Å². The van der Waals surface area contributed by atoms with Gasteiger partial charge in [-0.3, -0.25) is 0 Å². The van der Waals surface area contributed by atoms with Crippen molar-refractivity contribution < 1.29 is 4.57 Å². The van der Waals surface area contributed by atoms with Crippen LogP contribution >= 0.6 is 0 Å². The summed E-state index contributed by atoms with van der Waals surface area (Å²) in [5.41, 5.74) is 5.74. The Morgan fingerprint density at radius 1 is 0.487 bits per heavy atom. The van der Waals surface area contributed by atoms with E-state index >= 15 is 0 Å².